The molecule has 2 bridgehead atoms. The number of hydrogen-bond donors (Lipinski definition) is 5. The molecule has 0 unspecified atom stereocenters. The van der Waals surface area contributed by atoms with Crippen LogP contribution in [0.4, 0.5) is 0 Å². The highest BCUT2D eigenvalue weighted by molar-refractivity contribution is 5.97. The molecule has 2 atom stereocenters. The van der Waals surface area contributed by atoms with Crippen molar-refractivity contribution in [1.82, 2.24) is 31.2 Å². The van der Waals surface area contributed by atoms with Crippen molar-refractivity contribution in [2.45, 2.75) is 76.3 Å². The van der Waals surface area contributed by atoms with Crippen molar-refractivity contribution in [3.63, 3.8) is 0 Å². The maximum atomic E-state index is 14.1. The molecule has 2 heterocycles. The van der Waals surface area contributed by atoms with Gasteiger partial charge in [0.05, 0.1) is 20.1 Å². The van der Waals surface area contributed by atoms with E-state index in [4.69, 9.17) is 15.2 Å². The monoisotopic (exact) mass is 755 g/mol. The van der Waals surface area contributed by atoms with Gasteiger partial charge in [-0.25, -0.2) is 4.98 Å². The van der Waals surface area contributed by atoms with Gasteiger partial charge in [-0.2, -0.15) is 0 Å². The van der Waals surface area contributed by atoms with Gasteiger partial charge < -0.3 is 41.4 Å². The lowest BCUT2D eigenvalue weighted by Gasteiger charge is -2.26. The van der Waals surface area contributed by atoms with Crippen LogP contribution in [0, 0.1) is 0 Å². The maximum absolute atomic E-state index is 14.1. The summed E-state index contributed by atoms with van der Waals surface area (Å²) in [6, 6.07) is 16.4. The van der Waals surface area contributed by atoms with Gasteiger partial charge in [0.25, 0.3) is 5.91 Å². The highest BCUT2D eigenvalue weighted by Gasteiger charge is 2.28. The molecule has 55 heavy (non-hydrogen) atoms. The molecule has 294 valence electrons. The first kappa shape index (κ1) is 40.7. The van der Waals surface area contributed by atoms with Gasteiger partial charge in [0.15, 0.2) is 0 Å². The second-order valence-electron chi connectivity index (χ2n) is 13.9. The van der Waals surface area contributed by atoms with Gasteiger partial charge in [0.2, 0.25) is 29.5 Å². The minimum atomic E-state index is -0.979. The minimum absolute atomic E-state index is 0.00511. The smallest absolute Gasteiger partial charge is 0.259 e. The zero-order valence-electron chi connectivity index (χ0n) is 31.6. The van der Waals surface area contributed by atoms with Gasteiger partial charge >= 0.3 is 0 Å². The van der Waals surface area contributed by atoms with Crippen molar-refractivity contribution in [1.29, 1.82) is 0 Å². The Hall–Kier alpha value is -5.50. The van der Waals surface area contributed by atoms with Gasteiger partial charge in [-0.15, -0.1) is 0 Å². The summed E-state index contributed by atoms with van der Waals surface area (Å²) in [5.74, 6) is -1.02. The van der Waals surface area contributed by atoms with E-state index >= 15 is 0 Å². The third-order valence-electron chi connectivity index (χ3n) is 9.71. The van der Waals surface area contributed by atoms with E-state index in [2.05, 4.69) is 26.3 Å². The van der Waals surface area contributed by atoms with Crippen LogP contribution in [0.25, 0.3) is 0 Å². The summed E-state index contributed by atoms with van der Waals surface area (Å²) in [5, 5.41) is 11.6. The summed E-state index contributed by atoms with van der Waals surface area (Å²) in [5.41, 5.74) is 9.52. The molecule has 0 fully saturated rings. The van der Waals surface area contributed by atoms with Gasteiger partial charge in [-0.3, -0.25) is 24.0 Å². The van der Waals surface area contributed by atoms with Crippen molar-refractivity contribution in [2.75, 3.05) is 46.4 Å². The largest absolute Gasteiger partial charge is 0.492 e. The molecular formula is C41H53N7O7. The van der Waals surface area contributed by atoms with E-state index in [1.807, 2.05) is 36.4 Å². The number of aryl methyl sites for hydroxylation is 2. The summed E-state index contributed by atoms with van der Waals surface area (Å²) in [7, 11) is 1.48. The lowest BCUT2D eigenvalue weighted by Crippen LogP contribution is -2.55. The van der Waals surface area contributed by atoms with Crippen LogP contribution in [-0.2, 0) is 44.9 Å². The number of nitrogens with two attached hydrogens (primary N) is 1. The fraction of sp³-hybridized carbons (Fsp3) is 0.463. The number of ether oxygens (including phenoxy) is 2. The van der Waals surface area contributed by atoms with Crippen LogP contribution >= 0.6 is 0 Å². The highest BCUT2D eigenvalue weighted by atomic mass is 16.5. The van der Waals surface area contributed by atoms with E-state index in [1.54, 1.807) is 29.2 Å². The normalized spacial score (nSPS) is 19.2. The van der Waals surface area contributed by atoms with E-state index in [-0.39, 0.29) is 75.6 Å². The number of aromatic nitrogens is 1. The Morgan fingerprint density at radius 1 is 0.873 bits per heavy atom. The molecule has 0 spiro atoms. The first-order chi connectivity index (χ1) is 26.7. The lowest BCUT2D eigenvalue weighted by molar-refractivity contribution is -0.132. The SMILES string of the molecule is COc1nc2c(cc1C(=O)N1CCCC(=O)NCCOc3cccc(c3)CC(=O)N[C@@H](CCCCN)C(=O)N[C@H](Cc3ccccc3)C(=O)NCC1)CCC2. The number of rotatable bonds is 8. The minimum Gasteiger partial charge on any atom is -0.492 e. The van der Waals surface area contributed by atoms with Crippen LogP contribution in [-0.4, -0.2) is 97.9 Å². The van der Waals surface area contributed by atoms with Crippen molar-refractivity contribution in [3.8, 4) is 11.6 Å². The van der Waals surface area contributed by atoms with Crippen LogP contribution in [0.3, 0.4) is 0 Å². The average Bonchev–Trinajstić information content (AvgIpc) is 3.65. The summed E-state index contributed by atoms with van der Waals surface area (Å²) in [6.45, 7) is 1.35. The third-order valence-corrected chi connectivity index (χ3v) is 9.71. The number of hydrogen-bond acceptors (Lipinski definition) is 9. The molecule has 14 heteroatoms. The fourth-order valence-corrected chi connectivity index (χ4v) is 6.83. The Morgan fingerprint density at radius 2 is 1.71 bits per heavy atom. The summed E-state index contributed by atoms with van der Waals surface area (Å²) < 4.78 is 11.4. The van der Waals surface area contributed by atoms with Crippen LogP contribution in [0.2, 0.25) is 0 Å². The number of nitrogens with one attached hydrogen (secondary N) is 4. The first-order valence-electron chi connectivity index (χ1n) is 19.2. The zero-order valence-corrected chi connectivity index (χ0v) is 31.6. The van der Waals surface area contributed by atoms with Gasteiger partial charge in [-0.05, 0) is 86.4 Å². The number of methoxy groups -OCH3 is 1. The Bertz CT molecular complexity index is 1790. The van der Waals surface area contributed by atoms with Crippen LogP contribution in [0.5, 0.6) is 11.6 Å². The van der Waals surface area contributed by atoms with Crippen molar-refractivity contribution < 1.29 is 33.4 Å². The number of nitrogens with zero attached hydrogens (tertiary/aromatic N) is 2. The molecule has 1 aliphatic heterocycles. The zero-order chi connectivity index (χ0) is 39.0. The number of pyridine rings is 1. The topological polar surface area (TPSA) is 194 Å². The van der Waals surface area contributed by atoms with Gasteiger partial charge in [-0.1, -0.05) is 42.5 Å². The highest BCUT2D eigenvalue weighted by Crippen LogP contribution is 2.27. The Kier molecular flexibility index (Phi) is 15.4. The second kappa shape index (κ2) is 20.8. The van der Waals surface area contributed by atoms with E-state index in [1.165, 1.54) is 7.11 Å². The molecule has 5 amide bonds. The number of amides is 5. The predicted molar refractivity (Wildman–Crippen MR) is 207 cm³/mol. The number of fused-ring (bicyclic) bond motifs is 3. The van der Waals surface area contributed by atoms with Gasteiger partial charge in [0.1, 0.15) is 30.0 Å². The molecule has 14 nitrogen and oxygen atoms in total. The Morgan fingerprint density at radius 3 is 2.51 bits per heavy atom. The molecule has 3 aromatic rings. The number of carbonyl (C=O) groups excluding carboxylic acids is 5. The molecule has 2 aliphatic rings. The average molecular weight is 756 g/mol. The van der Waals surface area contributed by atoms with Gasteiger partial charge in [0, 0.05) is 38.2 Å². The molecule has 6 N–H and O–H groups in total. The number of unbranched alkanes of at least 4 members (excludes halogenated alkanes) is 1. The summed E-state index contributed by atoms with van der Waals surface area (Å²) in [6.07, 6.45) is 4.93. The van der Waals surface area contributed by atoms with Crippen molar-refractivity contribution in [3.05, 3.63) is 88.6 Å². The summed E-state index contributed by atoms with van der Waals surface area (Å²) >= 11 is 0. The molecular weight excluding hydrogens is 702 g/mol. The molecule has 0 radical (unpaired) electrons. The molecule has 5 rings (SSSR count). The van der Waals surface area contributed by atoms with Crippen molar-refractivity contribution in [2.24, 2.45) is 5.73 Å². The predicted octanol–water partition coefficient (Wildman–Crippen LogP) is 2.01. The molecule has 1 aromatic heterocycles. The number of benzene rings is 2. The first-order valence-corrected chi connectivity index (χ1v) is 19.2. The standard InChI is InChI=1S/C41H53N7O7/c1-54-40-32(27-30-13-8-16-33(30)47-40)41(53)48-21-9-17-36(49)43-20-23-55-31-14-7-12-29(24-31)26-37(50)45-34(15-5-6-18-42)39(52)46-35(38(51)44-19-22-48)25-28-10-3-2-4-11-28/h2-4,7,10-12,14,24,27,34-35H,5-6,8-9,13,15-23,25-26,42H2,1H3,(H,43,49)(H,44,51)(H,45,50)(H,46,52)/t34-,35+/m0/s1. The van der Waals surface area contributed by atoms with Crippen LogP contribution in [0.15, 0.2) is 60.7 Å². The lowest BCUT2D eigenvalue weighted by atomic mass is 10.0. The number of carbonyl (C=O) groups is 5. The van der Waals surface area contributed by atoms with E-state index < -0.39 is 23.9 Å². The quantitative estimate of drug-likeness (QED) is 0.214. The van der Waals surface area contributed by atoms with E-state index in [0.717, 1.165) is 36.1 Å². The van der Waals surface area contributed by atoms with Crippen LogP contribution < -0.4 is 36.5 Å². The second-order valence-corrected chi connectivity index (χ2v) is 13.9. The van der Waals surface area contributed by atoms with E-state index in [0.29, 0.717) is 49.1 Å². The van der Waals surface area contributed by atoms with E-state index in [9.17, 15) is 24.0 Å². The molecule has 0 saturated heterocycles. The fourth-order valence-electron chi connectivity index (χ4n) is 6.83. The third kappa shape index (κ3) is 12.3. The molecule has 1 aliphatic carbocycles. The van der Waals surface area contributed by atoms with Crippen LogP contribution in [0.1, 0.15) is 71.3 Å². The summed E-state index contributed by atoms with van der Waals surface area (Å²) in [4.78, 5) is 74.1. The Labute approximate surface area is 322 Å². The molecule has 2 aromatic carbocycles. The maximum Gasteiger partial charge on any atom is 0.259 e. The Balaban J connectivity index is 1.39. The molecule has 0 saturated carbocycles. The van der Waals surface area contributed by atoms with Crippen molar-refractivity contribution >= 4 is 29.5 Å².